The molecule has 2 aromatic rings. The number of guanidine groups is 1. The summed E-state index contributed by atoms with van der Waals surface area (Å²) in [5, 5.41) is 17.0. The normalized spacial score (nSPS) is 13.1. The molecule has 0 fully saturated rings. The summed E-state index contributed by atoms with van der Waals surface area (Å²) in [5.41, 5.74) is 2.02. The Labute approximate surface area is 194 Å². The van der Waals surface area contributed by atoms with Gasteiger partial charge in [0.1, 0.15) is 23.4 Å². The highest BCUT2D eigenvalue weighted by Crippen LogP contribution is 2.29. The monoisotopic (exact) mass is 531 g/mol. The van der Waals surface area contributed by atoms with Gasteiger partial charge in [-0.25, -0.2) is 4.39 Å². The Kier molecular flexibility index (Phi) is 10.9. The van der Waals surface area contributed by atoms with E-state index in [2.05, 4.69) is 15.6 Å². The number of hydrogen-bond donors (Lipinski definition) is 3. The zero-order valence-electron chi connectivity index (χ0n) is 18.0. The Balaban J connectivity index is 0.00000450. The Morgan fingerprint density at radius 1 is 1.17 bits per heavy atom. The second-order valence-electron chi connectivity index (χ2n) is 6.72. The molecule has 3 N–H and O–H groups in total. The molecule has 0 radical (unpaired) electrons. The van der Waals surface area contributed by atoms with Crippen LogP contribution in [-0.4, -0.2) is 38.4 Å². The highest BCUT2D eigenvalue weighted by atomic mass is 127. The van der Waals surface area contributed by atoms with Gasteiger partial charge in [0.2, 0.25) is 0 Å². The van der Waals surface area contributed by atoms with E-state index in [0.717, 1.165) is 5.56 Å². The molecular formula is C22H31FIN3O3. The number of benzene rings is 2. The largest absolute Gasteiger partial charge is 0.497 e. The summed E-state index contributed by atoms with van der Waals surface area (Å²) in [6, 6.07) is 10.3. The standard InChI is InChI=1S/C22H30FN3O3.HI/c1-6-24-22(26-15(3)16-8-7-14(2)19(23)11-16)25-13-20(27)18-12-17(28-4)9-10-21(18)29-5;/h7-12,15,20,27H,6,13H2,1-5H3,(H2,24,25,26);1H. The smallest absolute Gasteiger partial charge is 0.191 e. The third-order valence-corrected chi connectivity index (χ3v) is 4.61. The highest BCUT2D eigenvalue weighted by Gasteiger charge is 2.15. The molecule has 8 heteroatoms. The van der Waals surface area contributed by atoms with Crippen molar-refractivity contribution in [2.75, 3.05) is 27.3 Å². The van der Waals surface area contributed by atoms with Crippen LogP contribution in [0.3, 0.4) is 0 Å². The molecule has 0 aliphatic carbocycles. The van der Waals surface area contributed by atoms with E-state index in [-0.39, 0.29) is 42.4 Å². The summed E-state index contributed by atoms with van der Waals surface area (Å²) in [7, 11) is 3.12. The SMILES string of the molecule is CCNC(=NCC(O)c1cc(OC)ccc1OC)NC(C)c1ccc(C)c(F)c1.I. The van der Waals surface area contributed by atoms with Gasteiger partial charge in [-0.15, -0.1) is 24.0 Å². The first-order valence-electron chi connectivity index (χ1n) is 9.60. The van der Waals surface area contributed by atoms with Crippen LogP contribution in [0, 0.1) is 12.7 Å². The van der Waals surface area contributed by atoms with Crippen molar-refractivity contribution >= 4 is 29.9 Å². The van der Waals surface area contributed by atoms with Crippen molar-refractivity contribution in [3.8, 4) is 11.5 Å². The maximum atomic E-state index is 13.9. The molecule has 0 amide bonds. The molecule has 0 bridgehead atoms. The number of aliphatic hydroxyl groups excluding tert-OH is 1. The second-order valence-corrected chi connectivity index (χ2v) is 6.72. The summed E-state index contributed by atoms with van der Waals surface area (Å²) >= 11 is 0. The van der Waals surface area contributed by atoms with Gasteiger partial charge < -0.3 is 25.2 Å². The average molecular weight is 531 g/mol. The maximum absolute atomic E-state index is 13.9. The van der Waals surface area contributed by atoms with Crippen molar-refractivity contribution in [2.24, 2.45) is 4.99 Å². The lowest BCUT2D eigenvalue weighted by atomic mass is 10.1. The molecular weight excluding hydrogens is 500 g/mol. The quantitative estimate of drug-likeness (QED) is 0.272. The van der Waals surface area contributed by atoms with Crippen LogP contribution in [0.2, 0.25) is 0 Å². The van der Waals surface area contributed by atoms with Gasteiger partial charge in [-0.2, -0.15) is 0 Å². The first-order chi connectivity index (χ1) is 13.9. The van der Waals surface area contributed by atoms with Crippen LogP contribution in [0.1, 0.15) is 42.7 Å². The molecule has 0 aliphatic rings. The Hall–Kier alpha value is -2.07. The number of aliphatic imine (C=N–C) groups is 1. The van der Waals surface area contributed by atoms with E-state index in [0.29, 0.717) is 35.1 Å². The summed E-state index contributed by atoms with van der Waals surface area (Å²) in [5.74, 6) is 1.49. The van der Waals surface area contributed by atoms with Gasteiger partial charge in [-0.1, -0.05) is 12.1 Å². The lowest BCUT2D eigenvalue weighted by Crippen LogP contribution is -2.39. The Morgan fingerprint density at radius 2 is 1.90 bits per heavy atom. The molecule has 0 heterocycles. The van der Waals surface area contributed by atoms with Gasteiger partial charge in [0.25, 0.3) is 0 Å². The predicted octanol–water partition coefficient (Wildman–Crippen LogP) is 4.12. The number of aryl methyl sites for hydroxylation is 1. The summed E-state index contributed by atoms with van der Waals surface area (Å²) in [4.78, 5) is 4.48. The first kappa shape index (κ1) is 26.0. The zero-order chi connectivity index (χ0) is 21.4. The van der Waals surface area contributed by atoms with Crippen molar-refractivity contribution in [1.82, 2.24) is 10.6 Å². The minimum Gasteiger partial charge on any atom is -0.497 e. The van der Waals surface area contributed by atoms with E-state index in [4.69, 9.17) is 9.47 Å². The fourth-order valence-corrected chi connectivity index (χ4v) is 2.86. The van der Waals surface area contributed by atoms with Crippen LogP contribution in [0.4, 0.5) is 4.39 Å². The van der Waals surface area contributed by atoms with Crippen molar-refractivity contribution in [3.63, 3.8) is 0 Å². The van der Waals surface area contributed by atoms with Crippen LogP contribution in [0.15, 0.2) is 41.4 Å². The van der Waals surface area contributed by atoms with Crippen LogP contribution < -0.4 is 20.1 Å². The molecule has 166 valence electrons. The molecule has 0 saturated carbocycles. The molecule has 30 heavy (non-hydrogen) atoms. The lowest BCUT2D eigenvalue weighted by molar-refractivity contribution is 0.182. The van der Waals surface area contributed by atoms with Gasteiger partial charge in [0.15, 0.2) is 5.96 Å². The number of methoxy groups -OCH3 is 2. The Bertz CT molecular complexity index is 848. The topological polar surface area (TPSA) is 75.1 Å². The third-order valence-electron chi connectivity index (χ3n) is 4.61. The van der Waals surface area contributed by atoms with Gasteiger partial charge in [0, 0.05) is 12.1 Å². The molecule has 0 aliphatic heterocycles. The minimum atomic E-state index is -0.873. The number of rotatable bonds is 8. The van der Waals surface area contributed by atoms with Crippen molar-refractivity contribution in [3.05, 3.63) is 58.9 Å². The van der Waals surface area contributed by atoms with Gasteiger partial charge in [-0.05, 0) is 56.2 Å². The highest BCUT2D eigenvalue weighted by molar-refractivity contribution is 14.0. The first-order valence-corrected chi connectivity index (χ1v) is 9.60. The van der Waals surface area contributed by atoms with Crippen LogP contribution in [-0.2, 0) is 0 Å². The predicted molar refractivity (Wildman–Crippen MR) is 129 cm³/mol. The van der Waals surface area contributed by atoms with Crippen LogP contribution in [0.25, 0.3) is 0 Å². The van der Waals surface area contributed by atoms with Gasteiger partial charge >= 0.3 is 0 Å². The second kappa shape index (κ2) is 12.6. The molecule has 0 aromatic heterocycles. The average Bonchev–Trinajstić information content (AvgIpc) is 2.73. The minimum absolute atomic E-state index is 0. The molecule has 0 spiro atoms. The summed E-state index contributed by atoms with van der Waals surface area (Å²) in [6.45, 7) is 6.39. The molecule has 2 aromatic carbocycles. The van der Waals surface area contributed by atoms with Crippen molar-refractivity contribution < 1.29 is 19.0 Å². The van der Waals surface area contributed by atoms with E-state index >= 15 is 0 Å². The summed E-state index contributed by atoms with van der Waals surface area (Å²) in [6.07, 6.45) is -0.873. The van der Waals surface area contributed by atoms with Crippen molar-refractivity contribution in [1.29, 1.82) is 0 Å². The number of ether oxygens (including phenoxy) is 2. The molecule has 6 nitrogen and oxygen atoms in total. The van der Waals surface area contributed by atoms with Crippen molar-refractivity contribution in [2.45, 2.75) is 32.9 Å². The molecule has 0 saturated heterocycles. The zero-order valence-corrected chi connectivity index (χ0v) is 20.4. The number of aliphatic hydroxyl groups is 1. The molecule has 2 rings (SSSR count). The van der Waals surface area contributed by atoms with Gasteiger partial charge in [-0.3, -0.25) is 4.99 Å². The van der Waals surface area contributed by atoms with Crippen LogP contribution in [0.5, 0.6) is 11.5 Å². The van der Waals surface area contributed by atoms with E-state index in [9.17, 15) is 9.50 Å². The number of halogens is 2. The summed E-state index contributed by atoms with van der Waals surface area (Å²) < 4.78 is 24.4. The van der Waals surface area contributed by atoms with E-state index in [1.54, 1.807) is 45.4 Å². The molecule has 2 unspecified atom stereocenters. The Morgan fingerprint density at radius 3 is 2.50 bits per heavy atom. The number of nitrogens with zero attached hydrogens (tertiary/aromatic N) is 1. The van der Waals surface area contributed by atoms with E-state index < -0.39 is 6.10 Å². The van der Waals surface area contributed by atoms with E-state index in [1.807, 2.05) is 19.9 Å². The molecule has 2 atom stereocenters. The fraction of sp³-hybridized carbons (Fsp3) is 0.409. The van der Waals surface area contributed by atoms with Gasteiger partial charge in [0.05, 0.1) is 26.8 Å². The maximum Gasteiger partial charge on any atom is 0.191 e. The van der Waals surface area contributed by atoms with Crippen LogP contribution >= 0.6 is 24.0 Å². The lowest BCUT2D eigenvalue weighted by Gasteiger charge is -2.20. The number of nitrogens with one attached hydrogen (secondary N) is 2. The third kappa shape index (κ3) is 7.02. The fourth-order valence-electron chi connectivity index (χ4n) is 2.86. The number of hydrogen-bond acceptors (Lipinski definition) is 4. The van der Waals surface area contributed by atoms with E-state index in [1.165, 1.54) is 6.07 Å².